The van der Waals surface area contributed by atoms with Crippen molar-refractivity contribution >= 4 is 53.3 Å². The lowest BCUT2D eigenvalue weighted by Crippen LogP contribution is -2.19. The molecule has 0 saturated heterocycles. The Bertz CT molecular complexity index is 1690. The minimum Gasteiger partial charge on any atom is -0.506 e. The summed E-state index contributed by atoms with van der Waals surface area (Å²) < 4.78 is 18.7. The Hall–Kier alpha value is -3.49. The first-order chi connectivity index (χ1) is 15.3. The zero-order chi connectivity index (χ0) is 22.7. The molecule has 4 aromatic carbocycles. The molecule has 0 saturated carbocycles. The van der Waals surface area contributed by atoms with Gasteiger partial charge in [0.15, 0.2) is 10.9 Å². The van der Waals surface area contributed by atoms with E-state index in [1.165, 1.54) is 17.4 Å². The predicted molar refractivity (Wildman–Crippen MR) is 127 cm³/mol. The molecule has 5 aromatic rings. The van der Waals surface area contributed by atoms with Crippen LogP contribution >= 0.6 is 11.3 Å². The van der Waals surface area contributed by atoms with Gasteiger partial charge in [-0.1, -0.05) is 12.1 Å². The van der Waals surface area contributed by atoms with Gasteiger partial charge in [-0.15, -0.1) is 11.3 Å². The van der Waals surface area contributed by atoms with E-state index in [0.717, 1.165) is 22.3 Å². The Morgan fingerprint density at radius 1 is 0.906 bits per heavy atom. The van der Waals surface area contributed by atoms with Gasteiger partial charge in [-0.3, -0.25) is 9.59 Å². The van der Waals surface area contributed by atoms with Crippen LogP contribution in [0, 0.1) is 5.82 Å². The molecule has 0 fully saturated rings. The lowest BCUT2D eigenvalue weighted by molar-refractivity contribution is 0.389. The zero-order valence-electron chi connectivity index (χ0n) is 17.3. The van der Waals surface area contributed by atoms with E-state index >= 15 is 4.39 Å². The molecule has 0 spiro atoms. The van der Waals surface area contributed by atoms with E-state index in [0.29, 0.717) is 23.3 Å². The standard InChI is InChI=1S/C24H19FN2O4S/c1-26(2)9-10-27-13-5-3-4-6-16(13)32-17-11-12(25)18-21(22(17)27)24(31)20-15(29)8-7-14(28)19(20)23(18)30/h3-8,11,30-31H,9-10H2,1-2H3. The number of hydrogen-bond donors (Lipinski definition) is 2. The summed E-state index contributed by atoms with van der Waals surface area (Å²) in [5.41, 5.74) is 0.0997. The molecular weight excluding hydrogens is 431 g/mol. The first-order valence-electron chi connectivity index (χ1n) is 9.99. The number of rotatable bonds is 3. The zero-order valence-corrected chi connectivity index (χ0v) is 18.2. The fourth-order valence-electron chi connectivity index (χ4n) is 4.25. The van der Waals surface area contributed by atoms with Crippen LogP contribution in [-0.2, 0) is 6.54 Å². The highest BCUT2D eigenvalue weighted by Gasteiger charge is 2.24. The summed E-state index contributed by atoms with van der Waals surface area (Å²) in [7, 11) is 3.87. The molecule has 1 heterocycles. The van der Waals surface area contributed by atoms with Crippen LogP contribution in [0.5, 0.6) is 11.5 Å². The summed E-state index contributed by atoms with van der Waals surface area (Å²) in [6, 6.07) is 11.0. The maximum atomic E-state index is 15.3. The summed E-state index contributed by atoms with van der Waals surface area (Å²) in [6.07, 6.45) is 0. The Morgan fingerprint density at radius 3 is 2.19 bits per heavy atom. The Balaban J connectivity index is 2.12. The highest BCUT2D eigenvalue weighted by molar-refractivity contribution is 7.24. The Morgan fingerprint density at radius 2 is 1.53 bits per heavy atom. The van der Waals surface area contributed by atoms with E-state index in [9.17, 15) is 19.8 Å². The Labute approximate surface area is 185 Å². The monoisotopic (exact) mass is 450 g/mol. The number of halogens is 1. The minimum absolute atomic E-state index is 0.0217. The van der Waals surface area contributed by atoms with E-state index in [-0.39, 0.29) is 21.5 Å². The molecule has 8 heteroatoms. The molecular formula is C24H19FN2O4S. The van der Waals surface area contributed by atoms with Crippen LogP contribution in [0.4, 0.5) is 4.39 Å². The van der Waals surface area contributed by atoms with Gasteiger partial charge in [0, 0.05) is 13.1 Å². The number of benzene rings is 4. The van der Waals surface area contributed by atoms with Crippen molar-refractivity contribution in [2.45, 2.75) is 6.54 Å². The molecule has 2 N–H and O–H groups in total. The Kier molecular flexibility index (Phi) is 4.65. The number of phenolic OH excluding ortho intramolecular Hbond substituents is 2. The fraction of sp³-hybridized carbons (Fsp3) is 0.167. The van der Waals surface area contributed by atoms with Crippen LogP contribution in [0.25, 0.3) is 42.0 Å². The van der Waals surface area contributed by atoms with Gasteiger partial charge in [-0.2, -0.15) is 0 Å². The minimum atomic E-state index is -0.774. The van der Waals surface area contributed by atoms with Crippen LogP contribution < -0.4 is 10.9 Å². The molecule has 5 rings (SSSR count). The molecule has 0 amide bonds. The van der Waals surface area contributed by atoms with Crippen LogP contribution in [0.1, 0.15) is 0 Å². The molecule has 6 nitrogen and oxygen atoms in total. The number of aromatic hydroxyl groups is 2. The van der Waals surface area contributed by atoms with Gasteiger partial charge >= 0.3 is 0 Å². The number of fused-ring (bicyclic) bond motifs is 5. The van der Waals surface area contributed by atoms with Gasteiger partial charge in [0.25, 0.3) is 0 Å². The summed E-state index contributed by atoms with van der Waals surface area (Å²) in [6.45, 7) is 1.18. The molecule has 0 radical (unpaired) electrons. The molecule has 32 heavy (non-hydrogen) atoms. The molecule has 0 aliphatic heterocycles. The van der Waals surface area contributed by atoms with E-state index in [1.807, 2.05) is 47.8 Å². The predicted octanol–water partition coefficient (Wildman–Crippen LogP) is 3.99. The number of hydrogen-bond acceptors (Lipinski definition) is 6. The van der Waals surface area contributed by atoms with E-state index in [2.05, 4.69) is 0 Å². The number of aromatic nitrogens is 1. The molecule has 0 aliphatic carbocycles. The van der Waals surface area contributed by atoms with Crippen LogP contribution in [0.2, 0.25) is 0 Å². The topological polar surface area (TPSA) is 82.8 Å². The van der Waals surface area contributed by atoms with Crippen molar-refractivity contribution in [2.75, 3.05) is 20.6 Å². The molecule has 162 valence electrons. The van der Waals surface area contributed by atoms with Gasteiger partial charge in [-0.25, -0.2) is 4.39 Å². The summed E-state index contributed by atoms with van der Waals surface area (Å²) >= 11 is 1.35. The number of phenols is 2. The van der Waals surface area contributed by atoms with Gasteiger partial charge in [0.2, 0.25) is 0 Å². The SMILES string of the molecule is CN(C)CCn1c2ccccc2sc2cc(F)c3c(O)c4c(=O)ccc(=O)c4c(O)c3c21. The second-order valence-electron chi connectivity index (χ2n) is 7.99. The van der Waals surface area contributed by atoms with Crippen molar-refractivity contribution in [1.29, 1.82) is 0 Å². The van der Waals surface area contributed by atoms with Crippen molar-refractivity contribution in [3.63, 3.8) is 0 Å². The maximum absolute atomic E-state index is 15.3. The number of para-hydroxylation sites is 1. The number of likely N-dealkylation sites (N-methyl/N-ethyl adjacent to an activating group) is 1. The second-order valence-corrected chi connectivity index (χ2v) is 9.07. The van der Waals surface area contributed by atoms with E-state index in [4.69, 9.17) is 0 Å². The van der Waals surface area contributed by atoms with Crippen LogP contribution in [0.15, 0.2) is 52.1 Å². The van der Waals surface area contributed by atoms with Crippen molar-refractivity contribution < 1.29 is 14.6 Å². The fourth-order valence-corrected chi connectivity index (χ4v) is 5.38. The van der Waals surface area contributed by atoms with Gasteiger partial charge in [0.05, 0.1) is 42.0 Å². The highest BCUT2D eigenvalue weighted by Crippen LogP contribution is 2.45. The van der Waals surface area contributed by atoms with Gasteiger partial charge in [-0.05, 0) is 44.4 Å². The van der Waals surface area contributed by atoms with Crippen molar-refractivity contribution in [2.24, 2.45) is 0 Å². The van der Waals surface area contributed by atoms with Gasteiger partial charge < -0.3 is 19.7 Å². The quantitative estimate of drug-likeness (QED) is 0.247. The van der Waals surface area contributed by atoms with Crippen molar-refractivity contribution in [3.8, 4) is 11.5 Å². The average molecular weight is 450 g/mol. The third-order valence-corrected chi connectivity index (χ3v) is 6.81. The molecule has 1 aromatic heterocycles. The summed E-state index contributed by atoms with van der Waals surface area (Å²) in [4.78, 5) is 27.0. The largest absolute Gasteiger partial charge is 0.506 e. The molecule has 0 atom stereocenters. The maximum Gasteiger partial charge on any atom is 0.190 e. The third kappa shape index (κ3) is 2.87. The smallest absolute Gasteiger partial charge is 0.190 e. The average Bonchev–Trinajstić information content (AvgIpc) is 2.75. The lowest BCUT2D eigenvalue weighted by Gasteiger charge is -2.20. The van der Waals surface area contributed by atoms with Crippen molar-refractivity contribution in [3.05, 3.63) is 68.7 Å². The van der Waals surface area contributed by atoms with Crippen LogP contribution in [0.3, 0.4) is 0 Å². The van der Waals surface area contributed by atoms with E-state index < -0.39 is 28.2 Å². The molecule has 0 bridgehead atoms. The van der Waals surface area contributed by atoms with Crippen LogP contribution in [-0.4, -0.2) is 40.3 Å². The third-order valence-electron chi connectivity index (χ3n) is 5.71. The van der Waals surface area contributed by atoms with Gasteiger partial charge in [0.1, 0.15) is 17.3 Å². The second kappa shape index (κ2) is 7.29. The first kappa shape index (κ1) is 20.4. The summed E-state index contributed by atoms with van der Waals surface area (Å²) in [5.74, 6) is -1.91. The first-order valence-corrected chi connectivity index (χ1v) is 10.8. The van der Waals surface area contributed by atoms with Crippen molar-refractivity contribution in [1.82, 2.24) is 9.47 Å². The summed E-state index contributed by atoms with van der Waals surface area (Å²) in [5, 5.41) is 21.2. The highest BCUT2D eigenvalue weighted by atomic mass is 32.1. The normalized spacial score (nSPS) is 12.0. The van der Waals surface area contributed by atoms with E-state index in [1.54, 1.807) is 0 Å². The molecule has 0 unspecified atom stereocenters. The number of nitrogens with zero attached hydrogens (tertiary/aromatic N) is 2. The molecule has 0 aliphatic rings. The lowest BCUT2D eigenvalue weighted by atomic mass is 9.98.